The number of thiophene rings is 1. The second-order valence-electron chi connectivity index (χ2n) is 3.91. The third-order valence-corrected chi connectivity index (χ3v) is 3.60. The first kappa shape index (κ1) is 11.2. The van der Waals surface area contributed by atoms with Gasteiger partial charge < -0.3 is 9.09 Å². The fourth-order valence-electron chi connectivity index (χ4n) is 1.78. The maximum absolute atomic E-state index is 12.2. The highest BCUT2D eigenvalue weighted by Crippen LogP contribution is 2.16. The molecule has 0 aliphatic heterocycles. The molecule has 0 fully saturated rings. The number of hydrogen-bond acceptors (Lipinski definition) is 5. The van der Waals surface area contributed by atoms with Gasteiger partial charge in [-0.1, -0.05) is 12.1 Å². The summed E-state index contributed by atoms with van der Waals surface area (Å²) in [4.78, 5) is 16.4. The summed E-state index contributed by atoms with van der Waals surface area (Å²) >= 11 is 1.56. The normalized spacial score (nSPS) is 11.2. The Hall–Kier alpha value is -1.95. The van der Waals surface area contributed by atoms with Gasteiger partial charge in [-0.15, -0.1) is 11.3 Å². The van der Waals surface area contributed by atoms with Gasteiger partial charge in [0, 0.05) is 17.3 Å². The average Bonchev–Trinajstić information content (AvgIpc) is 3.01. The Kier molecular flexibility index (Phi) is 2.71. The summed E-state index contributed by atoms with van der Waals surface area (Å²) in [5.41, 5.74) is -0.0170. The smallest absolute Gasteiger partial charge is 0.259 e. The molecule has 0 radical (unpaired) electrons. The van der Waals surface area contributed by atoms with Gasteiger partial charge in [-0.3, -0.25) is 4.79 Å². The lowest BCUT2D eigenvalue weighted by Crippen LogP contribution is -2.19. The summed E-state index contributed by atoms with van der Waals surface area (Å²) in [5.74, 6) is 1.12. The summed E-state index contributed by atoms with van der Waals surface area (Å²) in [6, 6.07) is 3.77. The van der Waals surface area contributed by atoms with Gasteiger partial charge in [-0.05, 0) is 17.5 Å². The predicted molar refractivity (Wildman–Crippen MR) is 68.9 cm³/mol. The Morgan fingerprint density at radius 2 is 2.33 bits per heavy atom. The van der Waals surface area contributed by atoms with Crippen LogP contribution >= 0.6 is 11.3 Å². The highest BCUT2D eigenvalue weighted by atomic mass is 32.1. The first-order valence-electron chi connectivity index (χ1n) is 5.66. The zero-order valence-electron chi connectivity index (χ0n) is 9.79. The van der Waals surface area contributed by atoms with Crippen LogP contribution in [0.2, 0.25) is 0 Å². The zero-order chi connectivity index (χ0) is 12.5. The van der Waals surface area contributed by atoms with E-state index in [9.17, 15) is 4.79 Å². The van der Waals surface area contributed by atoms with Crippen molar-refractivity contribution in [1.82, 2.24) is 14.7 Å². The van der Waals surface area contributed by atoms with Crippen molar-refractivity contribution in [2.45, 2.75) is 19.9 Å². The van der Waals surface area contributed by atoms with Crippen molar-refractivity contribution in [3.05, 3.63) is 45.8 Å². The molecule has 0 atom stereocenters. The van der Waals surface area contributed by atoms with Gasteiger partial charge in [0.15, 0.2) is 5.82 Å². The van der Waals surface area contributed by atoms with E-state index in [1.54, 1.807) is 22.1 Å². The summed E-state index contributed by atoms with van der Waals surface area (Å²) < 4.78 is 7.62. The Labute approximate surface area is 107 Å². The van der Waals surface area contributed by atoms with Crippen LogP contribution in [0.3, 0.4) is 0 Å². The summed E-state index contributed by atoms with van der Waals surface area (Å²) in [6.07, 6.45) is 2.47. The Morgan fingerprint density at radius 1 is 1.44 bits per heavy atom. The SMILES string of the molecule is CCc1nc(Cn2ccc3sccc3c2=O)no1. The van der Waals surface area contributed by atoms with E-state index in [4.69, 9.17) is 4.52 Å². The number of hydrogen-bond donors (Lipinski definition) is 0. The lowest BCUT2D eigenvalue weighted by Gasteiger charge is -2.01. The molecule has 0 N–H and O–H groups in total. The molecule has 0 saturated carbocycles. The van der Waals surface area contributed by atoms with Crippen molar-refractivity contribution in [3.8, 4) is 0 Å². The average molecular weight is 261 g/mol. The number of fused-ring (bicyclic) bond motifs is 1. The summed E-state index contributed by atoms with van der Waals surface area (Å²) in [5, 5.41) is 6.50. The van der Waals surface area contributed by atoms with E-state index in [0.717, 1.165) is 10.1 Å². The molecule has 0 aliphatic rings. The zero-order valence-corrected chi connectivity index (χ0v) is 10.6. The van der Waals surface area contributed by atoms with Crippen molar-refractivity contribution < 1.29 is 4.52 Å². The van der Waals surface area contributed by atoms with Gasteiger partial charge in [0.2, 0.25) is 5.89 Å². The van der Waals surface area contributed by atoms with Crippen molar-refractivity contribution in [1.29, 1.82) is 0 Å². The fraction of sp³-hybridized carbons (Fsp3) is 0.250. The number of nitrogens with zero attached hydrogens (tertiary/aromatic N) is 3. The third-order valence-electron chi connectivity index (χ3n) is 2.72. The molecular formula is C12H11N3O2S. The van der Waals surface area contributed by atoms with E-state index in [1.165, 1.54) is 0 Å². The van der Waals surface area contributed by atoms with Crippen LogP contribution in [0.4, 0.5) is 0 Å². The quantitative estimate of drug-likeness (QED) is 0.724. The molecule has 0 aromatic carbocycles. The molecule has 5 nitrogen and oxygen atoms in total. The predicted octanol–water partition coefficient (Wildman–Crippen LogP) is 2.06. The van der Waals surface area contributed by atoms with Gasteiger partial charge >= 0.3 is 0 Å². The van der Waals surface area contributed by atoms with Crippen LogP contribution in [-0.2, 0) is 13.0 Å². The molecule has 0 saturated heterocycles. The van der Waals surface area contributed by atoms with E-state index in [2.05, 4.69) is 10.1 Å². The molecule has 6 heteroatoms. The van der Waals surface area contributed by atoms with Gasteiger partial charge in [-0.2, -0.15) is 4.98 Å². The first-order chi connectivity index (χ1) is 8.78. The maximum Gasteiger partial charge on any atom is 0.259 e. The largest absolute Gasteiger partial charge is 0.339 e. The van der Waals surface area contributed by atoms with E-state index in [1.807, 2.05) is 24.4 Å². The van der Waals surface area contributed by atoms with E-state index in [0.29, 0.717) is 24.7 Å². The molecule has 3 aromatic heterocycles. The van der Waals surface area contributed by atoms with Gasteiger partial charge in [-0.25, -0.2) is 0 Å². The van der Waals surface area contributed by atoms with Gasteiger partial charge in [0.1, 0.15) is 0 Å². The lowest BCUT2D eigenvalue weighted by molar-refractivity contribution is 0.375. The van der Waals surface area contributed by atoms with Crippen LogP contribution < -0.4 is 5.56 Å². The minimum absolute atomic E-state index is 0.0170. The highest BCUT2D eigenvalue weighted by Gasteiger charge is 2.08. The van der Waals surface area contributed by atoms with Crippen molar-refractivity contribution in [2.24, 2.45) is 0 Å². The van der Waals surface area contributed by atoms with E-state index in [-0.39, 0.29) is 5.56 Å². The molecule has 0 amide bonds. The van der Waals surface area contributed by atoms with Crippen molar-refractivity contribution >= 4 is 21.4 Å². The number of aromatic nitrogens is 3. The Balaban J connectivity index is 1.99. The minimum Gasteiger partial charge on any atom is -0.339 e. The Bertz CT molecular complexity index is 741. The molecule has 3 heterocycles. The Morgan fingerprint density at radius 3 is 3.11 bits per heavy atom. The third kappa shape index (κ3) is 1.84. The molecule has 0 spiro atoms. The van der Waals surface area contributed by atoms with Crippen LogP contribution in [0, 0.1) is 0 Å². The molecule has 0 unspecified atom stereocenters. The molecule has 3 aromatic rings. The second-order valence-corrected chi connectivity index (χ2v) is 4.85. The molecule has 0 bridgehead atoms. The fourth-order valence-corrected chi connectivity index (χ4v) is 2.55. The summed E-state index contributed by atoms with van der Waals surface area (Å²) in [6.45, 7) is 2.29. The van der Waals surface area contributed by atoms with Crippen LogP contribution in [0.5, 0.6) is 0 Å². The van der Waals surface area contributed by atoms with Crippen molar-refractivity contribution in [3.63, 3.8) is 0 Å². The van der Waals surface area contributed by atoms with Crippen LogP contribution in [0.15, 0.2) is 33.0 Å². The second kappa shape index (κ2) is 4.38. The van der Waals surface area contributed by atoms with Crippen LogP contribution in [0.25, 0.3) is 10.1 Å². The lowest BCUT2D eigenvalue weighted by atomic mass is 10.3. The minimum atomic E-state index is -0.0170. The van der Waals surface area contributed by atoms with Gasteiger partial charge in [0.05, 0.1) is 11.9 Å². The van der Waals surface area contributed by atoms with E-state index < -0.39 is 0 Å². The first-order valence-corrected chi connectivity index (χ1v) is 6.54. The number of aryl methyl sites for hydroxylation is 1. The molecule has 3 rings (SSSR count). The van der Waals surface area contributed by atoms with Gasteiger partial charge in [0.25, 0.3) is 5.56 Å². The molecular weight excluding hydrogens is 250 g/mol. The maximum atomic E-state index is 12.2. The summed E-state index contributed by atoms with van der Waals surface area (Å²) in [7, 11) is 0. The molecule has 0 aliphatic carbocycles. The topological polar surface area (TPSA) is 60.9 Å². The highest BCUT2D eigenvalue weighted by molar-refractivity contribution is 7.17. The van der Waals surface area contributed by atoms with E-state index >= 15 is 0 Å². The van der Waals surface area contributed by atoms with Crippen LogP contribution in [0.1, 0.15) is 18.6 Å². The standard InChI is InChI=1S/C12H11N3O2S/c1-2-11-13-10(14-17-11)7-15-5-3-9-8(12(15)16)4-6-18-9/h3-6H,2,7H2,1H3. The monoisotopic (exact) mass is 261 g/mol. The molecule has 18 heavy (non-hydrogen) atoms. The van der Waals surface area contributed by atoms with Crippen LogP contribution in [-0.4, -0.2) is 14.7 Å². The number of rotatable bonds is 3. The molecule has 92 valence electrons. The van der Waals surface area contributed by atoms with Crippen molar-refractivity contribution in [2.75, 3.05) is 0 Å². The number of pyridine rings is 1.